The zero-order chi connectivity index (χ0) is 11.7. The smallest absolute Gasteiger partial charge is 0.207 e. The van der Waals surface area contributed by atoms with Gasteiger partial charge in [-0.15, -0.1) is 0 Å². The highest BCUT2D eigenvalue weighted by molar-refractivity contribution is 5.45. The van der Waals surface area contributed by atoms with Crippen molar-refractivity contribution in [2.75, 3.05) is 13.6 Å². The maximum atomic E-state index is 10.1. The summed E-state index contributed by atoms with van der Waals surface area (Å²) in [5, 5.41) is 5.99. The van der Waals surface area contributed by atoms with E-state index in [0.717, 1.165) is 19.4 Å². The fraction of sp³-hybridized carbons (Fsp3) is 0.917. The molecule has 3 nitrogen and oxygen atoms in total. The van der Waals surface area contributed by atoms with Crippen molar-refractivity contribution in [3.05, 3.63) is 0 Å². The van der Waals surface area contributed by atoms with Gasteiger partial charge in [0.05, 0.1) is 0 Å². The molecule has 0 heterocycles. The van der Waals surface area contributed by atoms with E-state index in [1.54, 1.807) is 0 Å². The molecule has 1 amide bonds. The summed E-state index contributed by atoms with van der Waals surface area (Å²) < 4.78 is 0. The van der Waals surface area contributed by atoms with E-state index in [9.17, 15) is 4.79 Å². The number of hydrogen-bond donors (Lipinski definition) is 2. The van der Waals surface area contributed by atoms with Crippen molar-refractivity contribution in [1.82, 2.24) is 10.6 Å². The zero-order valence-corrected chi connectivity index (χ0v) is 10.6. The standard InChI is InChI=1S/C12H26N2O/c1-12(2,3)8-5-6-11(13-4)7-9-14-10-15/h10-11,13H,5-9H2,1-4H3,(H,14,15). The van der Waals surface area contributed by atoms with Crippen molar-refractivity contribution in [1.29, 1.82) is 0 Å². The molecule has 0 bridgehead atoms. The van der Waals surface area contributed by atoms with Crippen molar-refractivity contribution in [3.63, 3.8) is 0 Å². The van der Waals surface area contributed by atoms with Crippen LogP contribution in [0.4, 0.5) is 0 Å². The Labute approximate surface area is 94.0 Å². The van der Waals surface area contributed by atoms with Crippen molar-refractivity contribution in [2.24, 2.45) is 5.41 Å². The van der Waals surface area contributed by atoms with Gasteiger partial charge in [-0.1, -0.05) is 27.2 Å². The molecule has 1 atom stereocenters. The van der Waals surface area contributed by atoms with Crippen LogP contribution in [0.5, 0.6) is 0 Å². The number of carbonyl (C=O) groups is 1. The van der Waals surface area contributed by atoms with Crippen LogP contribution in [0.1, 0.15) is 46.5 Å². The van der Waals surface area contributed by atoms with Crippen LogP contribution in [-0.4, -0.2) is 26.0 Å². The Kier molecular flexibility index (Phi) is 7.39. The quantitative estimate of drug-likeness (QED) is 0.479. The minimum absolute atomic E-state index is 0.430. The molecule has 0 fully saturated rings. The van der Waals surface area contributed by atoms with E-state index in [1.165, 1.54) is 19.3 Å². The maximum Gasteiger partial charge on any atom is 0.207 e. The summed E-state index contributed by atoms with van der Waals surface area (Å²) in [5.74, 6) is 0. The van der Waals surface area contributed by atoms with Crippen molar-refractivity contribution in [2.45, 2.75) is 52.5 Å². The molecule has 0 aliphatic rings. The first-order valence-corrected chi connectivity index (χ1v) is 5.84. The summed E-state index contributed by atoms with van der Waals surface area (Å²) in [6.45, 7) is 7.59. The predicted molar refractivity (Wildman–Crippen MR) is 64.8 cm³/mol. The summed E-state index contributed by atoms with van der Waals surface area (Å²) in [4.78, 5) is 10.1. The predicted octanol–water partition coefficient (Wildman–Crippen LogP) is 1.93. The Morgan fingerprint density at radius 1 is 1.27 bits per heavy atom. The SMILES string of the molecule is CNC(CCCC(C)(C)C)CCNC=O. The lowest BCUT2D eigenvalue weighted by molar-refractivity contribution is -0.109. The highest BCUT2D eigenvalue weighted by Crippen LogP contribution is 2.22. The van der Waals surface area contributed by atoms with Gasteiger partial charge in [-0.25, -0.2) is 0 Å². The van der Waals surface area contributed by atoms with Crippen LogP contribution in [0.3, 0.4) is 0 Å². The molecule has 0 aromatic rings. The first kappa shape index (κ1) is 14.4. The largest absolute Gasteiger partial charge is 0.359 e. The third kappa shape index (κ3) is 9.73. The van der Waals surface area contributed by atoms with E-state index < -0.39 is 0 Å². The van der Waals surface area contributed by atoms with Gasteiger partial charge in [-0.05, 0) is 31.7 Å². The van der Waals surface area contributed by atoms with Crippen LogP contribution in [0, 0.1) is 5.41 Å². The van der Waals surface area contributed by atoms with Gasteiger partial charge in [-0.3, -0.25) is 4.79 Å². The molecule has 3 heteroatoms. The molecular formula is C12H26N2O. The minimum atomic E-state index is 0.430. The molecule has 0 aromatic carbocycles. The van der Waals surface area contributed by atoms with E-state index in [2.05, 4.69) is 31.4 Å². The van der Waals surface area contributed by atoms with Crippen LogP contribution in [0.2, 0.25) is 0 Å². The highest BCUT2D eigenvalue weighted by atomic mass is 16.1. The molecule has 0 spiro atoms. The number of nitrogens with one attached hydrogen (secondary N) is 2. The Morgan fingerprint density at radius 3 is 2.40 bits per heavy atom. The summed E-state index contributed by atoms with van der Waals surface area (Å²) in [6, 6.07) is 0.528. The maximum absolute atomic E-state index is 10.1. The molecule has 15 heavy (non-hydrogen) atoms. The van der Waals surface area contributed by atoms with Crippen molar-refractivity contribution < 1.29 is 4.79 Å². The van der Waals surface area contributed by atoms with Gasteiger partial charge < -0.3 is 10.6 Å². The molecule has 0 aromatic heterocycles. The lowest BCUT2D eigenvalue weighted by Crippen LogP contribution is -2.29. The van der Waals surface area contributed by atoms with Gasteiger partial charge in [0.25, 0.3) is 0 Å². The minimum Gasteiger partial charge on any atom is -0.359 e. The second-order valence-electron chi connectivity index (χ2n) is 5.30. The molecule has 0 aliphatic carbocycles. The van der Waals surface area contributed by atoms with Crippen LogP contribution in [0.25, 0.3) is 0 Å². The normalized spacial score (nSPS) is 13.6. The third-order valence-electron chi connectivity index (χ3n) is 2.61. The fourth-order valence-corrected chi connectivity index (χ4v) is 1.63. The van der Waals surface area contributed by atoms with Gasteiger partial charge in [-0.2, -0.15) is 0 Å². The summed E-state index contributed by atoms with van der Waals surface area (Å²) >= 11 is 0. The van der Waals surface area contributed by atoms with E-state index in [1.807, 2.05) is 7.05 Å². The molecule has 0 aliphatic heterocycles. The summed E-state index contributed by atoms with van der Waals surface area (Å²) in [7, 11) is 1.99. The molecule has 2 N–H and O–H groups in total. The Hall–Kier alpha value is -0.570. The van der Waals surface area contributed by atoms with Gasteiger partial charge in [0.2, 0.25) is 6.41 Å². The summed E-state index contributed by atoms with van der Waals surface area (Å²) in [5.41, 5.74) is 0.430. The monoisotopic (exact) mass is 214 g/mol. The average Bonchev–Trinajstić information content (AvgIpc) is 2.14. The van der Waals surface area contributed by atoms with Gasteiger partial charge in [0.15, 0.2) is 0 Å². The van der Waals surface area contributed by atoms with Gasteiger partial charge in [0, 0.05) is 12.6 Å². The third-order valence-corrected chi connectivity index (χ3v) is 2.61. The number of amides is 1. The van der Waals surface area contributed by atoms with Crippen LogP contribution in [-0.2, 0) is 4.79 Å². The molecule has 0 rings (SSSR count). The van der Waals surface area contributed by atoms with Gasteiger partial charge in [0.1, 0.15) is 0 Å². The molecule has 1 unspecified atom stereocenters. The molecule has 0 saturated heterocycles. The Morgan fingerprint density at radius 2 is 1.93 bits per heavy atom. The average molecular weight is 214 g/mol. The van der Waals surface area contributed by atoms with Crippen molar-refractivity contribution in [3.8, 4) is 0 Å². The first-order valence-electron chi connectivity index (χ1n) is 5.84. The molecule has 0 radical (unpaired) electrons. The van der Waals surface area contributed by atoms with Crippen LogP contribution >= 0.6 is 0 Å². The number of carbonyl (C=O) groups excluding carboxylic acids is 1. The molecular weight excluding hydrogens is 188 g/mol. The van der Waals surface area contributed by atoms with E-state index in [0.29, 0.717) is 11.5 Å². The number of hydrogen-bond acceptors (Lipinski definition) is 2. The summed E-state index contributed by atoms with van der Waals surface area (Å²) in [6.07, 6.45) is 5.47. The molecule has 90 valence electrons. The lowest BCUT2D eigenvalue weighted by atomic mass is 9.89. The Balaban J connectivity index is 3.56. The fourth-order valence-electron chi connectivity index (χ4n) is 1.63. The zero-order valence-electron chi connectivity index (χ0n) is 10.6. The van der Waals surface area contributed by atoms with Crippen molar-refractivity contribution >= 4 is 6.41 Å². The lowest BCUT2D eigenvalue weighted by Gasteiger charge is -2.21. The highest BCUT2D eigenvalue weighted by Gasteiger charge is 2.11. The van der Waals surface area contributed by atoms with E-state index >= 15 is 0 Å². The second kappa shape index (κ2) is 7.69. The number of rotatable bonds is 8. The van der Waals surface area contributed by atoms with Crippen LogP contribution < -0.4 is 10.6 Å². The van der Waals surface area contributed by atoms with E-state index in [-0.39, 0.29) is 0 Å². The first-order chi connectivity index (χ1) is 6.99. The van der Waals surface area contributed by atoms with Gasteiger partial charge >= 0.3 is 0 Å². The second-order valence-corrected chi connectivity index (χ2v) is 5.30. The Bertz CT molecular complexity index is 163. The molecule has 0 saturated carbocycles. The topological polar surface area (TPSA) is 41.1 Å². The van der Waals surface area contributed by atoms with Crippen LogP contribution in [0.15, 0.2) is 0 Å². The van der Waals surface area contributed by atoms with E-state index in [4.69, 9.17) is 0 Å².